The lowest BCUT2D eigenvalue weighted by atomic mass is 9.71. The Kier molecular flexibility index (Phi) is 5.06. The summed E-state index contributed by atoms with van der Waals surface area (Å²) < 4.78 is 4.45. The fraction of sp³-hybridized carbons (Fsp3) is 0.333. The highest BCUT2D eigenvalue weighted by Crippen LogP contribution is 2.11. The molecular formula is C9H13B2N3O4. The molecule has 0 amide bonds. The fourth-order valence-electron chi connectivity index (χ4n) is 1.45. The second-order valence-corrected chi connectivity index (χ2v) is 4.09. The molecule has 1 rings (SSSR count). The van der Waals surface area contributed by atoms with Gasteiger partial charge >= 0.3 is 14.2 Å². The van der Waals surface area contributed by atoms with Crippen molar-refractivity contribution in [3.05, 3.63) is 34.2 Å². The zero-order chi connectivity index (χ0) is 13.7. The molecule has 18 heavy (non-hydrogen) atoms. The van der Waals surface area contributed by atoms with Crippen LogP contribution in [0.5, 0.6) is 0 Å². The monoisotopic (exact) mass is 249 g/mol. The first-order chi connectivity index (χ1) is 8.45. The summed E-state index contributed by atoms with van der Waals surface area (Å²) in [7, 11) is -3.09. The van der Waals surface area contributed by atoms with E-state index in [1.54, 1.807) is 12.1 Å². The second-order valence-electron chi connectivity index (χ2n) is 4.09. The molecule has 94 valence electrons. The van der Waals surface area contributed by atoms with Gasteiger partial charge < -0.3 is 19.8 Å². The van der Waals surface area contributed by atoms with Crippen LogP contribution in [0.25, 0.3) is 10.4 Å². The van der Waals surface area contributed by atoms with Crippen LogP contribution < -0.4 is 10.9 Å². The van der Waals surface area contributed by atoms with E-state index in [9.17, 15) is 5.02 Å². The Morgan fingerprint density at radius 1 is 1.22 bits per heavy atom. The van der Waals surface area contributed by atoms with Gasteiger partial charge in [-0.15, -0.1) is 0 Å². The number of rotatable bonds is 5. The third-order valence-electron chi connectivity index (χ3n) is 2.43. The predicted octanol–water partition coefficient (Wildman–Crippen LogP) is -0.581. The first-order valence-electron chi connectivity index (χ1n) is 5.35. The minimum absolute atomic E-state index is 0.133. The van der Waals surface area contributed by atoms with E-state index in [4.69, 9.17) is 15.6 Å². The lowest BCUT2D eigenvalue weighted by Crippen LogP contribution is -2.39. The number of benzene rings is 1. The van der Waals surface area contributed by atoms with E-state index in [1.807, 2.05) is 13.8 Å². The molecule has 0 bridgehead atoms. The van der Waals surface area contributed by atoms with E-state index in [0.29, 0.717) is 0 Å². The van der Waals surface area contributed by atoms with Crippen LogP contribution in [0.1, 0.15) is 25.3 Å². The van der Waals surface area contributed by atoms with Crippen molar-refractivity contribution >= 4 is 25.2 Å². The number of hydrogen-bond donors (Lipinski definition) is 3. The third-order valence-corrected chi connectivity index (χ3v) is 2.43. The molecule has 0 aliphatic rings. The van der Waals surface area contributed by atoms with Crippen LogP contribution in [0, 0.1) is 0 Å². The van der Waals surface area contributed by atoms with Gasteiger partial charge in [0.1, 0.15) is 0 Å². The molecule has 1 aromatic rings. The summed E-state index contributed by atoms with van der Waals surface area (Å²) in [6.45, 7) is 3.85. The van der Waals surface area contributed by atoms with E-state index in [0.717, 1.165) is 5.56 Å². The van der Waals surface area contributed by atoms with Gasteiger partial charge in [0.15, 0.2) is 0 Å². The highest BCUT2D eigenvalue weighted by molar-refractivity contribution is 6.63. The maximum Gasteiger partial charge on any atom is 0.566 e. The maximum atomic E-state index is 9.61. The van der Waals surface area contributed by atoms with Crippen molar-refractivity contribution in [2.45, 2.75) is 19.8 Å². The van der Waals surface area contributed by atoms with Crippen LogP contribution in [-0.2, 0) is 4.76 Å². The Balaban J connectivity index is 3.13. The topological polar surface area (TPSA) is 119 Å². The van der Waals surface area contributed by atoms with E-state index in [2.05, 4.69) is 14.9 Å². The van der Waals surface area contributed by atoms with Gasteiger partial charge in [0.25, 0.3) is 0 Å². The van der Waals surface area contributed by atoms with Crippen molar-refractivity contribution in [3.8, 4) is 0 Å². The van der Waals surface area contributed by atoms with Gasteiger partial charge in [0.05, 0.1) is 5.28 Å². The van der Waals surface area contributed by atoms with Gasteiger partial charge in [0, 0.05) is 4.91 Å². The summed E-state index contributed by atoms with van der Waals surface area (Å²) in [5.41, 5.74) is 9.42. The zero-order valence-corrected chi connectivity index (χ0v) is 10.1. The molecule has 0 saturated carbocycles. The lowest BCUT2D eigenvalue weighted by Gasteiger charge is -2.12. The van der Waals surface area contributed by atoms with Gasteiger partial charge in [-0.1, -0.05) is 32.0 Å². The summed E-state index contributed by atoms with van der Waals surface area (Å²) in [4.78, 5) is 2.36. The smallest absolute Gasteiger partial charge is 0.471 e. The zero-order valence-electron chi connectivity index (χ0n) is 10.1. The molecule has 7 nitrogen and oxygen atoms in total. The fourth-order valence-corrected chi connectivity index (χ4v) is 1.45. The summed E-state index contributed by atoms with van der Waals surface area (Å²) >= 11 is 0. The van der Waals surface area contributed by atoms with E-state index < -0.39 is 14.2 Å². The largest absolute Gasteiger partial charge is 0.566 e. The second kappa shape index (κ2) is 6.32. The van der Waals surface area contributed by atoms with Crippen LogP contribution >= 0.6 is 0 Å². The Morgan fingerprint density at radius 3 is 2.33 bits per heavy atom. The van der Waals surface area contributed by atoms with Crippen molar-refractivity contribution < 1.29 is 19.8 Å². The van der Waals surface area contributed by atoms with Crippen LogP contribution in [0.2, 0.25) is 0 Å². The Bertz CT molecular complexity index is 437. The highest BCUT2D eigenvalue weighted by Gasteiger charge is 2.22. The third kappa shape index (κ3) is 3.68. The molecule has 0 aromatic heterocycles. The summed E-state index contributed by atoms with van der Waals surface area (Å²) in [6.07, 6.45) is 0. The van der Waals surface area contributed by atoms with E-state index in [-0.39, 0.29) is 16.8 Å². The standard InChI is InChI=1S/C9H13B2N3O4/c1-6(2)7-3-8(10(15)16)5-9(4-7)11(17)18-14-13-12/h3-6,15-17H,1-2H3. The predicted molar refractivity (Wildman–Crippen MR) is 68.2 cm³/mol. The average Bonchev–Trinajstić information content (AvgIpc) is 2.35. The van der Waals surface area contributed by atoms with Crippen LogP contribution in [0.3, 0.4) is 0 Å². The molecule has 0 heterocycles. The molecule has 0 unspecified atom stereocenters. The number of azide groups is 1. The van der Waals surface area contributed by atoms with Gasteiger partial charge in [-0.05, 0) is 27.9 Å². The quantitative estimate of drug-likeness (QED) is 0.212. The van der Waals surface area contributed by atoms with Gasteiger partial charge in [-0.2, -0.15) is 0 Å². The van der Waals surface area contributed by atoms with Gasteiger partial charge in [-0.3, -0.25) is 0 Å². The van der Waals surface area contributed by atoms with Gasteiger partial charge in [0.2, 0.25) is 0 Å². The molecule has 0 aliphatic carbocycles. The molecule has 0 saturated heterocycles. The van der Waals surface area contributed by atoms with Crippen molar-refractivity contribution in [2.75, 3.05) is 0 Å². The molecule has 9 heteroatoms. The SMILES string of the molecule is CC(C)c1cc(B(O)O)cc(B(O)ON=[N+]=[N-])c1. The first kappa shape index (κ1) is 14.4. The number of nitrogens with zero attached hydrogens (tertiary/aromatic N) is 3. The lowest BCUT2D eigenvalue weighted by molar-refractivity contribution is 0.280. The van der Waals surface area contributed by atoms with Gasteiger partial charge in [-0.25, -0.2) is 0 Å². The van der Waals surface area contributed by atoms with Crippen molar-refractivity contribution in [1.29, 1.82) is 0 Å². The van der Waals surface area contributed by atoms with Crippen LogP contribution in [-0.4, -0.2) is 29.3 Å². The molecular weight excluding hydrogens is 236 g/mol. The Hall–Kier alpha value is -1.66. The van der Waals surface area contributed by atoms with Crippen molar-refractivity contribution in [2.24, 2.45) is 5.28 Å². The highest BCUT2D eigenvalue weighted by atomic mass is 16.7. The summed E-state index contributed by atoms with van der Waals surface area (Å²) in [5.74, 6) is 0.133. The normalized spacial score (nSPS) is 9.89. The van der Waals surface area contributed by atoms with E-state index in [1.165, 1.54) is 6.07 Å². The average molecular weight is 249 g/mol. The van der Waals surface area contributed by atoms with Crippen LogP contribution in [0.4, 0.5) is 0 Å². The Morgan fingerprint density at radius 2 is 1.83 bits per heavy atom. The summed E-state index contributed by atoms with van der Waals surface area (Å²) in [6, 6.07) is 4.64. The molecule has 0 fully saturated rings. The molecule has 1 aromatic carbocycles. The van der Waals surface area contributed by atoms with Crippen LogP contribution in [0.15, 0.2) is 23.5 Å². The minimum Gasteiger partial charge on any atom is -0.471 e. The molecule has 0 aliphatic heterocycles. The van der Waals surface area contributed by atoms with Crippen molar-refractivity contribution in [1.82, 2.24) is 0 Å². The molecule has 0 atom stereocenters. The Labute approximate surface area is 105 Å². The maximum absolute atomic E-state index is 9.61. The van der Waals surface area contributed by atoms with Crippen molar-refractivity contribution in [3.63, 3.8) is 0 Å². The summed E-state index contributed by atoms with van der Waals surface area (Å²) in [5, 5.41) is 30.7. The molecule has 3 N–H and O–H groups in total. The van der Waals surface area contributed by atoms with E-state index >= 15 is 0 Å². The number of hydrogen-bond acceptors (Lipinski definition) is 5. The minimum atomic E-state index is -1.64. The molecule has 0 radical (unpaired) electrons. The first-order valence-corrected chi connectivity index (χ1v) is 5.35. The molecule has 0 spiro atoms.